The van der Waals surface area contributed by atoms with Crippen LogP contribution in [0.2, 0.25) is 0 Å². The molecule has 1 saturated heterocycles. The average molecular weight is 322 g/mol. The van der Waals surface area contributed by atoms with E-state index in [4.69, 9.17) is 0 Å². The van der Waals surface area contributed by atoms with Crippen molar-refractivity contribution in [1.82, 2.24) is 15.2 Å². The molecule has 24 heavy (non-hydrogen) atoms. The van der Waals surface area contributed by atoms with E-state index < -0.39 is 0 Å². The number of hydrogen-bond donors (Lipinski definition) is 1. The topological polar surface area (TPSA) is 48.5 Å². The number of likely N-dealkylation sites (N-methyl/N-ethyl adjacent to an activating group) is 1. The van der Waals surface area contributed by atoms with Gasteiger partial charge in [0.2, 0.25) is 0 Å². The summed E-state index contributed by atoms with van der Waals surface area (Å²) < 4.78 is 0. The van der Waals surface area contributed by atoms with Crippen molar-refractivity contribution in [2.45, 2.75) is 25.0 Å². The van der Waals surface area contributed by atoms with E-state index in [2.05, 4.69) is 51.4 Å². The molecular weight excluding hydrogens is 300 g/mol. The molecule has 0 aliphatic carbocycles. The maximum absolute atomic E-state index is 12.4. The number of para-hydroxylation sites is 1. The van der Waals surface area contributed by atoms with Crippen LogP contribution in [0, 0.1) is 0 Å². The summed E-state index contributed by atoms with van der Waals surface area (Å²) in [5.74, 6) is -0.00573. The number of aromatic nitrogens is 1. The minimum atomic E-state index is -0.00573. The highest BCUT2D eigenvalue weighted by Gasteiger charge is 2.36. The lowest BCUT2D eigenvalue weighted by molar-refractivity contribution is 0.0937. The summed E-state index contributed by atoms with van der Waals surface area (Å²) in [6, 6.07) is 12.8. The first-order valence-electron chi connectivity index (χ1n) is 8.44. The number of pyridine rings is 1. The summed E-state index contributed by atoms with van der Waals surface area (Å²) in [6.45, 7) is 2.86. The van der Waals surface area contributed by atoms with Crippen molar-refractivity contribution in [2.75, 3.05) is 25.0 Å². The quantitative estimate of drug-likeness (QED) is 0.917. The van der Waals surface area contributed by atoms with Crippen molar-refractivity contribution in [3.63, 3.8) is 0 Å². The zero-order valence-corrected chi connectivity index (χ0v) is 13.9. The Morgan fingerprint density at radius 3 is 2.79 bits per heavy atom. The van der Waals surface area contributed by atoms with E-state index in [1.807, 2.05) is 0 Å². The summed E-state index contributed by atoms with van der Waals surface area (Å²) >= 11 is 0. The fourth-order valence-corrected chi connectivity index (χ4v) is 3.89. The fourth-order valence-electron chi connectivity index (χ4n) is 3.89. The molecule has 2 aromatic rings. The number of nitrogens with zero attached hydrogens (tertiary/aromatic N) is 3. The molecule has 0 saturated carbocycles. The third kappa shape index (κ3) is 2.87. The first kappa shape index (κ1) is 15.1. The first-order chi connectivity index (χ1) is 11.7. The van der Waals surface area contributed by atoms with E-state index in [1.165, 1.54) is 11.3 Å². The molecule has 5 heteroatoms. The summed E-state index contributed by atoms with van der Waals surface area (Å²) in [7, 11) is 2.16. The van der Waals surface area contributed by atoms with Crippen LogP contribution in [-0.4, -0.2) is 48.0 Å². The number of fused-ring (bicyclic) bond motifs is 2. The van der Waals surface area contributed by atoms with Crippen LogP contribution in [0.1, 0.15) is 22.3 Å². The van der Waals surface area contributed by atoms with E-state index in [0.29, 0.717) is 11.6 Å². The molecule has 1 fully saturated rings. The highest BCUT2D eigenvalue weighted by atomic mass is 16.1. The molecule has 0 spiro atoms. The van der Waals surface area contributed by atoms with E-state index in [0.717, 1.165) is 26.1 Å². The van der Waals surface area contributed by atoms with Gasteiger partial charge in [-0.15, -0.1) is 0 Å². The minimum absolute atomic E-state index is 0.00573. The maximum atomic E-state index is 12.4. The van der Waals surface area contributed by atoms with Gasteiger partial charge in [-0.2, -0.15) is 0 Å². The molecule has 3 heterocycles. The fraction of sp³-hybridized carbons (Fsp3) is 0.368. The Kier molecular flexibility index (Phi) is 3.94. The van der Waals surface area contributed by atoms with Gasteiger partial charge in [0, 0.05) is 62.4 Å². The van der Waals surface area contributed by atoms with Gasteiger partial charge in [0.05, 0.1) is 0 Å². The maximum Gasteiger partial charge on any atom is 0.251 e. The number of hydrogen-bond acceptors (Lipinski definition) is 4. The molecule has 124 valence electrons. The average Bonchev–Trinajstić information content (AvgIpc) is 2.91. The Bertz CT molecular complexity index is 733. The molecule has 1 aromatic carbocycles. The van der Waals surface area contributed by atoms with Gasteiger partial charge in [-0.25, -0.2) is 0 Å². The number of carbonyl (C=O) groups excluding carboxylic acids is 1. The normalized spacial score (nSPS) is 23.3. The molecule has 1 N–H and O–H groups in total. The van der Waals surface area contributed by atoms with Crippen molar-refractivity contribution >= 4 is 11.6 Å². The molecule has 2 atom stereocenters. The highest BCUT2D eigenvalue weighted by molar-refractivity contribution is 5.94. The predicted molar refractivity (Wildman–Crippen MR) is 94.0 cm³/mol. The molecule has 5 nitrogen and oxygen atoms in total. The minimum Gasteiger partial charge on any atom is -0.373 e. The van der Waals surface area contributed by atoms with Crippen LogP contribution in [0.3, 0.4) is 0 Å². The summed E-state index contributed by atoms with van der Waals surface area (Å²) in [5.41, 5.74) is 3.36. The van der Waals surface area contributed by atoms with Crippen LogP contribution >= 0.6 is 0 Å². The van der Waals surface area contributed by atoms with Crippen LogP contribution in [0.15, 0.2) is 48.8 Å². The largest absolute Gasteiger partial charge is 0.373 e. The van der Waals surface area contributed by atoms with Crippen LogP contribution in [0.25, 0.3) is 0 Å². The second kappa shape index (κ2) is 6.24. The van der Waals surface area contributed by atoms with E-state index in [1.54, 1.807) is 24.5 Å². The Labute approximate surface area is 142 Å². The second-order valence-corrected chi connectivity index (χ2v) is 6.73. The molecule has 0 unspecified atom stereocenters. The molecule has 2 aliphatic rings. The van der Waals surface area contributed by atoms with Gasteiger partial charge in [-0.05, 0) is 30.2 Å². The number of nitrogens with one attached hydrogen (secondary N) is 1. The monoisotopic (exact) mass is 322 g/mol. The second-order valence-electron chi connectivity index (χ2n) is 6.73. The van der Waals surface area contributed by atoms with Gasteiger partial charge in [-0.1, -0.05) is 18.2 Å². The van der Waals surface area contributed by atoms with Crippen molar-refractivity contribution < 1.29 is 4.79 Å². The van der Waals surface area contributed by atoms with Gasteiger partial charge < -0.3 is 10.2 Å². The third-order valence-electron chi connectivity index (χ3n) is 5.07. The highest BCUT2D eigenvalue weighted by Crippen LogP contribution is 2.30. The number of anilines is 1. The summed E-state index contributed by atoms with van der Waals surface area (Å²) in [6.07, 6.45) is 4.31. The Morgan fingerprint density at radius 1 is 1.17 bits per heavy atom. The molecule has 0 radical (unpaired) electrons. The van der Waals surface area contributed by atoms with E-state index in [-0.39, 0.29) is 11.9 Å². The first-order valence-corrected chi connectivity index (χ1v) is 8.44. The lowest BCUT2D eigenvalue weighted by Crippen LogP contribution is -2.37. The zero-order valence-electron chi connectivity index (χ0n) is 13.9. The van der Waals surface area contributed by atoms with Crippen LogP contribution in [-0.2, 0) is 6.54 Å². The number of benzene rings is 1. The van der Waals surface area contributed by atoms with Gasteiger partial charge in [0.25, 0.3) is 5.91 Å². The van der Waals surface area contributed by atoms with Gasteiger partial charge in [-0.3, -0.25) is 14.7 Å². The Hall–Kier alpha value is -2.40. The molecular formula is C19H22N4O. The predicted octanol–water partition coefficient (Wildman–Crippen LogP) is 1.90. The van der Waals surface area contributed by atoms with Crippen LogP contribution in [0.5, 0.6) is 0 Å². The van der Waals surface area contributed by atoms with E-state index in [9.17, 15) is 4.79 Å². The Balaban J connectivity index is 1.46. The number of amides is 1. The molecule has 0 bridgehead atoms. The summed E-state index contributed by atoms with van der Waals surface area (Å²) in [5, 5.41) is 3.18. The lowest BCUT2D eigenvalue weighted by atomic mass is 10.1. The molecule has 2 aliphatic heterocycles. The smallest absolute Gasteiger partial charge is 0.251 e. The molecule has 4 rings (SSSR count). The van der Waals surface area contributed by atoms with Crippen molar-refractivity contribution in [2.24, 2.45) is 0 Å². The number of rotatable bonds is 2. The van der Waals surface area contributed by atoms with Crippen molar-refractivity contribution in [3.05, 3.63) is 59.9 Å². The molecule has 1 amide bonds. The Morgan fingerprint density at radius 2 is 1.96 bits per heavy atom. The van der Waals surface area contributed by atoms with Gasteiger partial charge in [0.1, 0.15) is 0 Å². The van der Waals surface area contributed by atoms with Crippen LogP contribution in [0.4, 0.5) is 5.69 Å². The van der Waals surface area contributed by atoms with E-state index >= 15 is 0 Å². The lowest BCUT2D eigenvalue weighted by Gasteiger charge is -2.24. The summed E-state index contributed by atoms with van der Waals surface area (Å²) in [4.78, 5) is 21.2. The zero-order chi connectivity index (χ0) is 16.5. The number of carbonyl (C=O) groups is 1. The SMILES string of the molecule is CN1C[C@@H]2C[C@H](NC(=O)c3ccncc3)CN2Cc2ccccc21. The van der Waals surface area contributed by atoms with Gasteiger partial charge in [0.15, 0.2) is 0 Å². The van der Waals surface area contributed by atoms with Crippen molar-refractivity contribution in [1.29, 1.82) is 0 Å². The van der Waals surface area contributed by atoms with Gasteiger partial charge >= 0.3 is 0 Å². The standard InChI is InChI=1S/C19H22N4O/c1-22-13-17-10-16(21-19(24)14-6-8-20-9-7-14)12-23(17)11-15-4-2-3-5-18(15)22/h2-9,16-17H,10-13H2,1H3,(H,21,24)/t16-,17-/m0/s1. The molecule has 1 aromatic heterocycles. The van der Waals surface area contributed by atoms with Crippen molar-refractivity contribution in [3.8, 4) is 0 Å². The third-order valence-corrected chi connectivity index (χ3v) is 5.07. The van der Waals surface area contributed by atoms with Crippen LogP contribution < -0.4 is 10.2 Å².